The van der Waals surface area contributed by atoms with E-state index in [-0.39, 0.29) is 29.6 Å². The fourth-order valence-electron chi connectivity index (χ4n) is 1.10. The van der Waals surface area contributed by atoms with Gasteiger partial charge in [-0.1, -0.05) is 12.1 Å². The third-order valence-electron chi connectivity index (χ3n) is 1.67. The second kappa shape index (κ2) is 5.56. The molecule has 0 spiro atoms. The molecule has 10 heteroatoms. The van der Waals surface area contributed by atoms with E-state index in [1.54, 1.807) is 0 Å². The Labute approximate surface area is 117 Å². The van der Waals surface area contributed by atoms with Gasteiger partial charge in [-0.15, -0.1) is 0 Å². The summed E-state index contributed by atoms with van der Waals surface area (Å²) in [6.07, 6.45) is 0. The number of benzene rings is 1. The van der Waals surface area contributed by atoms with Crippen LogP contribution in [0, 0.1) is 10.1 Å². The van der Waals surface area contributed by atoms with Gasteiger partial charge in [0.1, 0.15) is 0 Å². The SMILES string of the molecule is O=C([O-])c1cccc([N+](=O)[O-])c1S(=O)(=O)O.[Na+]. The van der Waals surface area contributed by atoms with E-state index < -0.39 is 37.2 Å². The molecule has 0 aliphatic rings. The maximum absolute atomic E-state index is 10.8. The molecule has 1 rings (SSSR count). The van der Waals surface area contributed by atoms with E-state index in [9.17, 15) is 28.4 Å². The molecule has 0 bridgehead atoms. The number of nitro benzene ring substituents is 1. The first-order valence-electron chi connectivity index (χ1n) is 3.71. The van der Waals surface area contributed by atoms with Gasteiger partial charge < -0.3 is 9.90 Å². The molecule has 0 saturated heterocycles. The fraction of sp³-hybridized carbons (Fsp3) is 0. The van der Waals surface area contributed by atoms with E-state index in [4.69, 9.17) is 4.55 Å². The first kappa shape index (κ1) is 16.0. The summed E-state index contributed by atoms with van der Waals surface area (Å²) in [4.78, 5) is 18.6. The second-order valence-electron chi connectivity index (χ2n) is 2.67. The first-order chi connectivity index (χ1) is 7.25. The van der Waals surface area contributed by atoms with Gasteiger partial charge in [0.25, 0.3) is 5.69 Å². The van der Waals surface area contributed by atoms with Crippen LogP contribution < -0.4 is 34.7 Å². The van der Waals surface area contributed by atoms with Crippen molar-refractivity contribution in [3.8, 4) is 0 Å². The minimum atomic E-state index is -5.02. The number of carbonyl (C=O) groups is 1. The molecular formula is C7H4NNaO7S. The van der Waals surface area contributed by atoms with Crippen LogP contribution in [-0.2, 0) is 10.1 Å². The number of hydrogen-bond donors (Lipinski definition) is 1. The number of carboxylic acids is 1. The Morgan fingerprint density at radius 2 is 1.88 bits per heavy atom. The van der Waals surface area contributed by atoms with Gasteiger partial charge in [0.2, 0.25) is 0 Å². The predicted molar refractivity (Wildman–Crippen MR) is 47.2 cm³/mol. The molecule has 17 heavy (non-hydrogen) atoms. The molecule has 86 valence electrons. The van der Waals surface area contributed by atoms with Gasteiger partial charge in [0.15, 0.2) is 4.90 Å². The number of nitrogens with zero attached hydrogens (tertiary/aromatic N) is 1. The summed E-state index contributed by atoms with van der Waals surface area (Å²) in [6.45, 7) is 0. The Balaban J connectivity index is 0.00000256. The number of carbonyl (C=O) groups excluding carboxylic acids is 1. The third kappa shape index (κ3) is 3.48. The molecule has 1 aromatic rings. The van der Waals surface area contributed by atoms with Crippen molar-refractivity contribution in [2.45, 2.75) is 4.90 Å². The van der Waals surface area contributed by atoms with Crippen molar-refractivity contribution < 1.29 is 57.4 Å². The topological polar surface area (TPSA) is 138 Å². The van der Waals surface area contributed by atoms with Crippen LogP contribution in [-0.4, -0.2) is 23.9 Å². The molecule has 0 unspecified atom stereocenters. The number of hydrogen-bond acceptors (Lipinski definition) is 6. The zero-order chi connectivity index (χ0) is 12.5. The maximum Gasteiger partial charge on any atom is 1.00 e. The molecule has 0 heterocycles. The van der Waals surface area contributed by atoms with Crippen LogP contribution in [0.4, 0.5) is 5.69 Å². The summed E-state index contributed by atoms with van der Waals surface area (Å²) in [7, 11) is -5.02. The van der Waals surface area contributed by atoms with Crippen LogP contribution in [0.15, 0.2) is 23.1 Å². The van der Waals surface area contributed by atoms with Gasteiger partial charge in [-0.2, -0.15) is 8.42 Å². The normalized spacial score (nSPS) is 10.4. The molecule has 0 amide bonds. The van der Waals surface area contributed by atoms with Crippen LogP contribution in [0.5, 0.6) is 0 Å². The molecule has 0 saturated carbocycles. The van der Waals surface area contributed by atoms with E-state index >= 15 is 0 Å². The Bertz CT molecular complexity index is 535. The molecule has 0 atom stereocenters. The smallest absolute Gasteiger partial charge is 0.545 e. The van der Waals surface area contributed by atoms with Crippen LogP contribution >= 0.6 is 0 Å². The monoisotopic (exact) mass is 269 g/mol. The van der Waals surface area contributed by atoms with Crippen molar-refractivity contribution in [3.63, 3.8) is 0 Å². The molecular weight excluding hydrogens is 265 g/mol. The molecule has 8 nitrogen and oxygen atoms in total. The molecule has 0 aromatic heterocycles. The fourth-order valence-corrected chi connectivity index (χ4v) is 1.94. The maximum atomic E-state index is 10.8. The van der Waals surface area contributed by atoms with Gasteiger partial charge >= 0.3 is 39.7 Å². The zero-order valence-electron chi connectivity index (χ0n) is 8.48. The molecule has 0 aliphatic carbocycles. The van der Waals surface area contributed by atoms with Crippen molar-refractivity contribution in [2.24, 2.45) is 0 Å². The number of rotatable bonds is 3. The number of nitro groups is 1. The van der Waals surface area contributed by atoms with E-state index in [2.05, 4.69) is 0 Å². The minimum Gasteiger partial charge on any atom is -0.545 e. The number of aromatic carboxylic acids is 1. The van der Waals surface area contributed by atoms with Gasteiger partial charge in [0.05, 0.1) is 10.9 Å². The standard InChI is InChI=1S/C7H5NO7S.Na/c9-7(10)4-2-1-3-5(8(11)12)6(4)16(13,14)15;/h1-3H,(H,9,10)(H,13,14,15);/q;+1/p-1. The zero-order valence-corrected chi connectivity index (χ0v) is 11.3. The second-order valence-corrected chi connectivity index (χ2v) is 4.03. The molecule has 0 fully saturated rings. The average Bonchev–Trinajstić information content (AvgIpc) is 2.15. The summed E-state index contributed by atoms with van der Waals surface area (Å²) in [5.41, 5.74) is -1.99. The Morgan fingerprint density at radius 3 is 2.24 bits per heavy atom. The summed E-state index contributed by atoms with van der Waals surface area (Å²) in [5, 5.41) is 21.0. The number of carboxylic acid groups (broad SMARTS) is 1. The van der Waals surface area contributed by atoms with E-state index in [1.807, 2.05) is 0 Å². The van der Waals surface area contributed by atoms with E-state index in [1.165, 1.54) is 0 Å². The van der Waals surface area contributed by atoms with Crippen LogP contribution in [0.1, 0.15) is 10.4 Å². The van der Waals surface area contributed by atoms with E-state index in [0.717, 1.165) is 18.2 Å². The Kier molecular flexibility index (Phi) is 5.23. The third-order valence-corrected chi connectivity index (χ3v) is 2.61. The van der Waals surface area contributed by atoms with Crippen molar-refractivity contribution in [3.05, 3.63) is 33.9 Å². The predicted octanol–water partition coefficient (Wildman–Crippen LogP) is -3.79. The van der Waals surface area contributed by atoms with Crippen LogP contribution in [0.3, 0.4) is 0 Å². The van der Waals surface area contributed by atoms with E-state index in [0.29, 0.717) is 0 Å². The van der Waals surface area contributed by atoms with Crippen molar-refractivity contribution in [1.29, 1.82) is 0 Å². The summed E-state index contributed by atoms with van der Waals surface area (Å²) >= 11 is 0. The average molecular weight is 269 g/mol. The van der Waals surface area contributed by atoms with Gasteiger partial charge in [-0.3, -0.25) is 14.7 Å². The van der Waals surface area contributed by atoms with Gasteiger partial charge in [0, 0.05) is 11.6 Å². The van der Waals surface area contributed by atoms with Crippen LogP contribution in [0.2, 0.25) is 0 Å². The van der Waals surface area contributed by atoms with Crippen molar-refractivity contribution in [1.82, 2.24) is 0 Å². The van der Waals surface area contributed by atoms with Crippen LogP contribution in [0.25, 0.3) is 0 Å². The largest absolute Gasteiger partial charge is 1.00 e. The van der Waals surface area contributed by atoms with Gasteiger partial charge in [-0.05, 0) is 0 Å². The molecule has 0 radical (unpaired) electrons. The van der Waals surface area contributed by atoms with Crippen molar-refractivity contribution >= 4 is 21.8 Å². The summed E-state index contributed by atoms with van der Waals surface area (Å²) in [5.74, 6) is -1.93. The Morgan fingerprint density at radius 1 is 1.35 bits per heavy atom. The summed E-state index contributed by atoms with van der Waals surface area (Å²) < 4.78 is 30.4. The molecule has 1 N–H and O–H groups in total. The quantitative estimate of drug-likeness (QED) is 0.257. The molecule has 1 aromatic carbocycles. The van der Waals surface area contributed by atoms with Gasteiger partial charge in [-0.25, -0.2) is 0 Å². The summed E-state index contributed by atoms with van der Waals surface area (Å²) in [6, 6.07) is 2.51. The first-order valence-corrected chi connectivity index (χ1v) is 5.15. The minimum absolute atomic E-state index is 0. The molecule has 0 aliphatic heterocycles. The van der Waals surface area contributed by atoms with Crippen molar-refractivity contribution in [2.75, 3.05) is 0 Å². The Hall–Kier alpha value is -1.00.